The van der Waals surface area contributed by atoms with Crippen LogP contribution in [0.3, 0.4) is 0 Å². The van der Waals surface area contributed by atoms with Crippen LogP contribution in [0.5, 0.6) is 0 Å². The highest BCUT2D eigenvalue weighted by molar-refractivity contribution is 5.92. The van der Waals surface area contributed by atoms with Gasteiger partial charge >= 0.3 is 0 Å². The highest BCUT2D eigenvalue weighted by Gasteiger charge is 2.01. The minimum atomic E-state index is -0.697. The molecule has 0 aliphatic heterocycles. The second-order valence-electron chi connectivity index (χ2n) is 1.60. The van der Waals surface area contributed by atoms with E-state index in [1.165, 1.54) is 6.92 Å². The van der Waals surface area contributed by atoms with Crippen LogP contribution in [0, 0.1) is 5.41 Å². The van der Waals surface area contributed by atoms with Crippen molar-refractivity contribution in [2.45, 2.75) is 20.8 Å². The Balaban J connectivity index is -0.000000249. The molecule has 0 amide bonds. The molecule has 0 aliphatic rings. The standard InChI is InChI=1S/C5H10FN3.C2H6.H2/c1-3(9-2)4(6)5(7)8;1-2;/h9H,1-2H3,(H3,7,8);1-2H3;1H/b4-3+;;. The van der Waals surface area contributed by atoms with E-state index in [4.69, 9.17) is 11.1 Å². The van der Waals surface area contributed by atoms with E-state index in [1.54, 1.807) is 7.05 Å². The van der Waals surface area contributed by atoms with Crippen LogP contribution in [0.15, 0.2) is 11.5 Å². The lowest BCUT2D eigenvalue weighted by Crippen LogP contribution is -2.15. The zero-order chi connectivity index (χ0) is 9.44. The van der Waals surface area contributed by atoms with Gasteiger partial charge in [-0.2, -0.15) is 0 Å². The maximum absolute atomic E-state index is 12.4. The molecular formula is C7H18FN3. The number of rotatable bonds is 2. The molecule has 0 atom stereocenters. The molecule has 0 aromatic carbocycles. The molecule has 0 heterocycles. The average Bonchev–Trinajstić information content (AvgIpc) is 2.05. The van der Waals surface area contributed by atoms with Crippen LogP contribution < -0.4 is 11.1 Å². The Labute approximate surface area is 68.5 Å². The predicted molar refractivity (Wildman–Crippen MR) is 48.2 cm³/mol. The quantitative estimate of drug-likeness (QED) is 0.428. The summed E-state index contributed by atoms with van der Waals surface area (Å²) in [6, 6.07) is 0. The van der Waals surface area contributed by atoms with Crippen molar-refractivity contribution in [3.63, 3.8) is 0 Å². The molecule has 4 N–H and O–H groups in total. The Morgan fingerprint density at radius 3 is 2.00 bits per heavy atom. The van der Waals surface area contributed by atoms with Gasteiger partial charge in [0.15, 0.2) is 11.7 Å². The van der Waals surface area contributed by atoms with Crippen LogP contribution in [0.4, 0.5) is 4.39 Å². The number of nitrogens with two attached hydrogens (primary N) is 1. The zero-order valence-electron chi connectivity index (χ0n) is 7.46. The van der Waals surface area contributed by atoms with Crippen LogP contribution in [-0.4, -0.2) is 12.9 Å². The van der Waals surface area contributed by atoms with E-state index in [1.807, 2.05) is 13.8 Å². The van der Waals surface area contributed by atoms with Gasteiger partial charge in [-0.05, 0) is 6.92 Å². The number of hydrogen-bond donors (Lipinski definition) is 3. The second-order valence-corrected chi connectivity index (χ2v) is 1.60. The monoisotopic (exact) mass is 163 g/mol. The molecule has 0 unspecified atom stereocenters. The summed E-state index contributed by atoms with van der Waals surface area (Å²) in [6.07, 6.45) is 0. The minimum Gasteiger partial charge on any atom is -0.389 e. The van der Waals surface area contributed by atoms with Crippen molar-refractivity contribution in [3.8, 4) is 0 Å². The van der Waals surface area contributed by atoms with Gasteiger partial charge in [0.1, 0.15) is 0 Å². The van der Waals surface area contributed by atoms with Crippen molar-refractivity contribution < 1.29 is 5.82 Å². The molecule has 0 saturated heterocycles. The summed E-state index contributed by atoms with van der Waals surface area (Å²) in [5, 5.41) is 9.17. The molecule has 68 valence electrons. The molecule has 0 aliphatic carbocycles. The fourth-order valence-corrected chi connectivity index (χ4v) is 0.312. The van der Waals surface area contributed by atoms with E-state index in [0.29, 0.717) is 0 Å². The summed E-state index contributed by atoms with van der Waals surface area (Å²) < 4.78 is 12.4. The summed E-state index contributed by atoms with van der Waals surface area (Å²) in [5.41, 5.74) is 5.10. The number of amidine groups is 1. The van der Waals surface area contributed by atoms with E-state index < -0.39 is 11.7 Å². The van der Waals surface area contributed by atoms with Gasteiger partial charge in [0.2, 0.25) is 0 Å². The van der Waals surface area contributed by atoms with Gasteiger partial charge in [0, 0.05) is 14.2 Å². The molecular weight excluding hydrogens is 145 g/mol. The van der Waals surface area contributed by atoms with Crippen LogP contribution in [-0.2, 0) is 0 Å². The van der Waals surface area contributed by atoms with Gasteiger partial charge in [-0.3, -0.25) is 5.41 Å². The molecule has 11 heavy (non-hydrogen) atoms. The van der Waals surface area contributed by atoms with Gasteiger partial charge in [-0.1, -0.05) is 13.8 Å². The van der Waals surface area contributed by atoms with E-state index in [-0.39, 0.29) is 7.12 Å². The summed E-state index contributed by atoms with van der Waals surface area (Å²) in [4.78, 5) is 0. The highest BCUT2D eigenvalue weighted by atomic mass is 19.1. The third-order valence-corrected chi connectivity index (χ3v) is 0.941. The molecule has 4 heteroatoms. The third kappa shape index (κ3) is 5.39. The Morgan fingerprint density at radius 1 is 1.55 bits per heavy atom. The fourth-order valence-electron chi connectivity index (χ4n) is 0.312. The molecule has 0 aromatic rings. The lowest BCUT2D eigenvalue weighted by atomic mass is 10.4. The molecule has 0 radical (unpaired) electrons. The fraction of sp³-hybridized carbons (Fsp3) is 0.571. The predicted octanol–water partition coefficient (Wildman–Crippen LogP) is 1.61. The molecule has 0 fully saturated rings. The first-order valence-electron chi connectivity index (χ1n) is 3.48. The van der Waals surface area contributed by atoms with Crippen molar-refractivity contribution in [2.75, 3.05) is 7.05 Å². The lowest BCUT2D eigenvalue weighted by Gasteiger charge is -1.99. The first kappa shape index (κ1) is 12.6. The molecule has 0 rings (SSSR count). The zero-order valence-corrected chi connectivity index (χ0v) is 7.46. The maximum atomic E-state index is 12.4. The van der Waals surface area contributed by atoms with Crippen LogP contribution in [0.1, 0.15) is 22.2 Å². The Kier molecular flexibility index (Phi) is 8.08. The first-order valence-corrected chi connectivity index (χ1v) is 3.48. The summed E-state index contributed by atoms with van der Waals surface area (Å²) in [6.45, 7) is 5.51. The van der Waals surface area contributed by atoms with Crippen molar-refractivity contribution in [1.82, 2.24) is 5.32 Å². The number of nitrogens with one attached hydrogen (secondary N) is 2. The van der Waals surface area contributed by atoms with Gasteiger partial charge in [0.25, 0.3) is 0 Å². The molecule has 0 bridgehead atoms. The van der Waals surface area contributed by atoms with Crippen LogP contribution in [0.25, 0.3) is 0 Å². The number of hydrogen-bond acceptors (Lipinski definition) is 2. The number of allylic oxidation sites excluding steroid dienone is 1. The van der Waals surface area contributed by atoms with E-state index in [9.17, 15) is 4.39 Å². The molecule has 3 nitrogen and oxygen atoms in total. The van der Waals surface area contributed by atoms with Gasteiger partial charge in [-0.25, -0.2) is 4.39 Å². The van der Waals surface area contributed by atoms with Gasteiger partial charge < -0.3 is 11.1 Å². The molecule has 0 spiro atoms. The van der Waals surface area contributed by atoms with Gasteiger partial charge in [0.05, 0.1) is 0 Å². The van der Waals surface area contributed by atoms with E-state index in [0.717, 1.165) is 0 Å². The van der Waals surface area contributed by atoms with Crippen LogP contribution in [0.2, 0.25) is 0 Å². The van der Waals surface area contributed by atoms with Crippen molar-refractivity contribution in [1.29, 1.82) is 5.41 Å². The first-order chi connectivity index (χ1) is 5.09. The lowest BCUT2D eigenvalue weighted by molar-refractivity contribution is 0.652. The smallest absolute Gasteiger partial charge is 0.183 e. The Hall–Kier alpha value is -1.06. The van der Waals surface area contributed by atoms with E-state index in [2.05, 4.69) is 5.32 Å². The summed E-state index contributed by atoms with van der Waals surface area (Å²) >= 11 is 0. The van der Waals surface area contributed by atoms with E-state index >= 15 is 0 Å². The largest absolute Gasteiger partial charge is 0.389 e. The Bertz CT molecular complexity index is 157. The maximum Gasteiger partial charge on any atom is 0.183 e. The second kappa shape index (κ2) is 7.05. The third-order valence-electron chi connectivity index (χ3n) is 0.941. The topological polar surface area (TPSA) is 61.9 Å². The SMILES string of the molecule is CC.CN/C(C)=C(/F)C(=N)N.[HH]. The van der Waals surface area contributed by atoms with Crippen molar-refractivity contribution in [2.24, 2.45) is 5.73 Å². The summed E-state index contributed by atoms with van der Waals surface area (Å²) in [7, 11) is 1.57. The summed E-state index contributed by atoms with van der Waals surface area (Å²) in [5.74, 6) is -1.24. The Morgan fingerprint density at radius 2 is 1.91 bits per heavy atom. The molecule has 0 saturated carbocycles. The highest BCUT2D eigenvalue weighted by Crippen LogP contribution is 1.99. The van der Waals surface area contributed by atoms with Gasteiger partial charge in [-0.15, -0.1) is 0 Å². The van der Waals surface area contributed by atoms with Crippen LogP contribution >= 0.6 is 0 Å². The van der Waals surface area contributed by atoms with Crippen molar-refractivity contribution >= 4 is 5.84 Å². The number of halogens is 1. The minimum absolute atomic E-state index is 0. The normalized spacial score (nSPS) is 10.6. The van der Waals surface area contributed by atoms with Crippen molar-refractivity contribution in [3.05, 3.63) is 11.5 Å². The molecule has 0 aromatic heterocycles. The average molecular weight is 163 g/mol.